The fourth-order valence-corrected chi connectivity index (χ4v) is 1.70. The standard InChI is InChI=1S/C14H11F3N4/c1-9-6-20-12(7-19-9)8-21-11-2-3-13(14(15,16)17)10(4-11)5-18/h2-4,6-7,21H,8H2,1H3. The van der Waals surface area contributed by atoms with Crippen molar-refractivity contribution in [2.75, 3.05) is 5.32 Å². The Bertz CT molecular complexity index is 672. The van der Waals surface area contributed by atoms with Crippen LogP contribution < -0.4 is 5.32 Å². The highest BCUT2D eigenvalue weighted by molar-refractivity contribution is 5.53. The summed E-state index contributed by atoms with van der Waals surface area (Å²) in [5.41, 5.74) is 0.495. The molecule has 0 aliphatic rings. The molecule has 1 aromatic carbocycles. The molecule has 0 saturated heterocycles. The summed E-state index contributed by atoms with van der Waals surface area (Å²) in [6.45, 7) is 2.11. The van der Waals surface area contributed by atoms with Crippen LogP contribution in [0, 0.1) is 18.3 Å². The number of hydrogen-bond donors (Lipinski definition) is 1. The molecule has 0 aliphatic carbocycles. The minimum Gasteiger partial charge on any atom is -0.379 e. The van der Waals surface area contributed by atoms with Crippen LogP contribution in [0.15, 0.2) is 30.6 Å². The van der Waals surface area contributed by atoms with E-state index < -0.39 is 17.3 Å². The van der Waals surface area contributed by atoms with Gasteiger partial charge in [0.2, 0.25) is 0 Å². The van der Waals surface area contributed by atoms with Gasteiger partial charge in [0.15, 0.2) is 0 Å². The van der Waals surface area contributed by atoms with Gasteiger partial charge < -0.3 is 5.32 Å². The molecule has 2 aromatic rings. The van der Waals surface area contributed by atoms with Gasteiger partial charge in [-0.1, -0.05) is 0 Å². The van der Waals surface area contributed by atoms with Crippen LogP contribution >= 0.6 is 0 Å². The Morgan fingerprint density at radius 2 is 2.00 bits per heavy atom. The third-order valence-electron chi connectivity index (χ3n) is 2.75. The fourth-order valence-electron chi connectivity index (χ4n) is 1.70. The second-order valence-electron chi connectivity index (χ2n) is 4.37. The van der Waals surface area contributed by atoms with Crippen LogP contribution in [-0.4, -0.2) is 9.97 Å². The van der Waals surface area contributed by atoms with E-state index in [1.807, 2.05) is 0 Å². The summed E-state index contributed by atoms with van der Waals surface area (Å²) < 4.78 is 38.0. The second kappa shape index (κ2) is 5.79. The van der Waals surface area contributed by atoms with Crippen molar-refractivity contribution in [3.8, 4) is 6.07 Å². The van der Waals surface area contributed by atoms with E-state index in [-0.39, 0.29) is 0 Å². The van der Waals surface area contributed by atoms with Gasteiger partial charge in [-0.05, 0) is 25.1 Å². The van der Waals surface area contributed by atoms with Crippen molar-refractivity contribution in [3.05, 3.63) is 53.1 Å². The number of nitriles is 1. The van der Waals surface area contributed by atoms with Crippen LogP contribution in [-0.2, 0) is 12.7 Å². The van der Waals surface area contributed by atoms with Crippen LogP contribution in [0.2, 0.25) is 0 Å². The predicted octanol–water partition coefficient (Wildman–Crippen LogP) is 3.29. The van der Waals surface area contributed by atoms with Crippen LogP contribution in [0.25, 0.3) is 0 Å². The van der Waals surface area contributed by atoms with E-state index >= 15 is 0 Å². The molecule has 0 amide bonds. The van der Waals surface area contributed by atoms with Crippen molar-refractivity contribution in [3.63, 3.8) is 0 Å². The molecule has 0 fully saturated rings. The summed E-state index contributed by atoms with van der Waals surface area (Å²) in [6.07, 6.45) is -1.35. The molecule has 1 N–H and O–H groups in total. The Kier molecular flexibility index (Phi) is 4.08. The van der Waals surface area contributed by atoms with E-state index in [1.165, 1.54) is 12.1 Å². The Morgan fingerprint density at radius 3 is 2.57 bits per heavy atom. The number of nitrogens with zero attached hydrogens (tertiary/aromatic N) is 3. The first-order valence-electron chi connectivity index (χ1n) is 6.03. The van der Waals surface area contributed by atoms with Crippen LogP contribution in [0.4, 0.5) is 18.9 Å². The molecule has 21 heavy (non-hydrogen) atoms. The summed E-state index contributed by atoms with van der Waals surface area (Å²) in [5, 5.41) is 11.7. The normalized spacial score (nSPS) is 11.0. The maximum atomic E-state index is 12.7. The summed E-state index contributed by atoms with van der Waals surface area (Å²) in [6, 6.07) is 4.90. The van der Waals surface area contributed by atoms with E-state index in [4.69, 9.17) is 5.26 Å². The molecule has 0 aliphatic heterocycles. The van der Waals surface area contributed by atoms with Gasteiger partial charge in [0.25, 0.3) is 0 Å². The first-order chi connectivity index (χ1) is 9.90. The number of anilines is 1. The highest BCUT2D eigenvalue weighted by atomic mass is 19.4. The molecule has 108 valence electrons. The zero-order valence-electron chi connectivity index (χ0n) is 11.1. The van der Waals surface area contributed by atoms with Crippen molar-refractivity contribution in [2.45, 2.75) is 19.6 Å². The maximum Gasteiger partial charge on any atom is 0.417 e. The van der Waals surface area contributed by atoms with Gasteiger partial charge in [-0.2, -0.15) is 18.4 Å². The molecule has 2 rings (SSSR count). The van der Waals surface area contributed by atoms with Crippen molar-refractivity contribution in [1.29, 1.82) is 5.26 Å². The smallest absolute Gasteiger partial charge is 0.379 e. The summed E-state index contributed by atoms with van der Waals surface area (Å²) in [7, 11) is 0. The first-order valence-corrected chi connectivity index (χ1v) is 6.03. The lowest BCUT2D eigenvalue weighted by molar-refractivity contribution is -0.137. The van der Waals surface area contributed by atoms with Gasteiger partial charge in [0, 0.05) is 11.9 Å². The second-order valence-corrected chi connectivity index (χ2v) is 4.37. The van der Waals surface area contributed by atoms with Gasteiger partial charge in [0.1, 0.15) is 0 Å². The highest BCUT2D eigenvalue weighted by Gasteiger charge is 2.33. The quantitative estimate of drug-likeness (QED) is 0.943. The lowest BCUT2D eigenvalue weighted by Crippen LogP contribution is -2.09. The molecule has 4 nitrogen and oxygen atoms in total. The van der Waals surface area contributed by atoms with Gasteiger partial charge in [0.05, 0.1) is 41.3 Å². The van der Waals surface area contributed by atoms with Gasteiger partial charge in [-0.25, -0.2) is 0 Å². The Morgan fingerprint density at radius 1 is 1.24 bits per heavy atom. The van der Waals surface area contributed by atoms with E-state index in [1.54, 1.807) is 25.4 Å². The number of nitrogens with one attached hydrogen (secondary N) is 1. The minimum atomic E-state index is -4.54. The van der Waals surface area contributed by atoms with Crippen LogP contribution in [0.1, 0.15) is 22.5 Å². The lowest BCUT2D eigenvalue weighted by Gasteiger charge is -2.11. The number of rotatable bonds is 3. The van der Waals surface area contributed by atoms with Gasteiger partial charge >= 0.3 is 6.18 Å². The molecule has 1 aromatic heterocycles. The molecule has 0 atom stereocenters. The lowest BCUT2D eigenvalue weighted by atomic mass is 10.1. The summed E-state index contributed by atoms with van der Waals surface area (Å²) >= 11 is 0. The SMILES string of the molecule is Cc1cnc(CNc2ccc(C(F)(F)F)c(C#N)c2)cn1. The average molecular weight is 292 g/mol. The van der Waals surface area contributed by atoms with Crippen molar-refractivity contribution < 1.29 is 13.2 Å². The monoisotopic (exact) mass is 292 g/mol. The van der Waals surface area contributed by atoms with Crippen molar-refractivity contribution in [1.82, 2.24) is 9.97 Å². The van der Waals surface area contributed by atoms with E-state index in [2.05, 4.69) is 15.3 Å². The zero-order valence-corrected chi connectivity index (χ0v) is 11.1. The zero-order chi connectivity index (χ0) is 15.5. The topological polar surface area (TPSA) is 61.6 Å². The third-order valence-corrected chi connectivity index (χ3v) is 2.75. The molecule has 0 unspecified atom stereocenters. The van der Waals surface area contributed by atoms with Crippen LogP contribution in [0.3, 0.4) is 0 Å². The summed E-state index contributed by atoms with van der Waals surface area (Å²) in [4.78, 5) is 8.19. The van der Waals surface area contributed by atoms with E-state index in [0.29, 0.717) is 17.9 Å². The summed E-state index contributed by atoms with van der Waals surface area (Å²) in [5.74, 6) is 0. The molecule has 1 heterocycles. The van der Waals surface area contributed by atoms with Crippen molar-refractivity contribution in [2.24, 2.45) is 0 Å². The Hall–Kier alpha value is -2.62. The molecule has 0 saturated carbocycles. The Balaban J connectivity index is 2.15. The third kappa shape index (κ3) is 3.69. The molecule has 0 radical (unpaired) electrons. The largest absolute Gasteiger partial charge is 0.417 e. The van der Waals surface area contributed by atoms with Gasteiger partial charge in [-0.15, -0.1) is 0 Å². The number of aryl methyl sites for hydroxylation is 1. The molecule has 0 bridgehead atoms. The predicted molar refractivity (Wildman–Crippen MR) is 70.3 cm³/mol. The first kappa shape index (κ1) is 14.8. The average Bonchev–Trinajstić information content (AvgIpc) is 2.45. The fraction of sp³-hybridized carbons (Fsp3) is 0.214. The Labute approximate surface area is 119 Å². The highest BCUT2D eigenvalue weighted by Crippen LogP contribution is 2.33. The van der Waals surface area contributed by atoms with Crippen molar-refractivity contribution >= 4 is 5.69 Å². The van der Waals surface area contributed by atoms with Gasteiger partial charge in [-0.3, -0.25) is 9.97 Å². The number of benzene rings is 1. The molecule has 7 heteroatoms. The molecular formula is C14H11F3N4. The maximum absolute atomic E-state index is 12.7. The molecular weight excluding hydrogens is 281 g/mol. The van der Waals surface area contributed by atoms with E-state index in [0.717, 1.165) is 11.8 Å². The number of alkyl halides is 3. The minimum absolute atomic E-state index is 0.309. The number of hydrogen-bond acceptors (Lipinski definition) is 4. The van der Waals surface area contributed by atoms with Crippen LogP contribution in [0.5, 0.6) is 0 Å². The van der Waals surface area contributed by atoms with E-state index in [9.17, 15) is 13.2 Å². The number of aromatic nitrogens is 2. The molecule has 0 spiro atoms. The number of halogens is 3.